The zero-order chi connectivity index (χ0) is 14.5. The van der Waals surface area contributed by atoms with Crippen LogP contribution in [0.5, 0.6) is 0 Å². The number of rotatable bonds is 6. The average Bonchev–Trinajstić information content (AvgIpc) is 2.35. The lowest BCUT2D eigenvalue weighted by atomic mass is 10.1. The van der Waals surface area contributed by atoms with Crippen LogP contribution in [0.3, 0.4) is 0 Å². The first-order valence-corrected chi connectivity index (χ1v) is 7.25. The number of sulfone groups is 1. The Morgan fingerprint density at radius 3 is 2.58 bits per heavy atom. The van der Waals surface area contributed by atoms with Gasteiger partial charge in [0.1, 0.15) is 0 Å². The lowest BCUT2D eigenvalue weighted by molar-refractivity contribution is -0.140. The highest BCUT2D eigenvalue weighted by Gasteiger charge is 2.15. The van der Waals surface area contributed by atoms with Crippen LogP contribution in [-0.2, 0) is 25.1 Å². The van der Waals surface area contributed by atoms with Gasteiger partial charge in [-0.15, -0.1) is 0 Å². The van der Waals surface area contributed by atoms with E-state index in [0.29, 0.717) is 5.56 Å². The number of carbonyl (C=O) groups is 2. The van der Waals surface area contributed by atoms with E-state index in [0.717, 1.165) is 0 Å². The second-order valence-electron chi connectivity index (χ2n) is 3.92. The van der Waals surface area contributed by atoms with Crippen molar-refractivity contribution in [2.45, 2.75) is 12.2 Å². The smallest absolute Gasteiger partial charge is 0.335 e. The number of hydrogen-bond donors (Lipinski definition) is 1. The number of benzene rings is 1. The number of esters is 1. The molecule has 0 fully saturated rings. The Morgan fingerprint density at radius 1 is 1.32 bits per heavy atom. The molecule has 7 heteroatoms. The van der Waals surface area contributed by atoms with Crippen LogP contribution >= 0.6 is 0 Å². The van der Waals surface area contributed by atoms with Crippen LogP contribution < -0.4 is 0 Å². The van der Waals surface area contributed by atoms with Gasteiger partial charge in [-0.25, -0.2) is 13.2 Å². The standard InChI is InChI=1S/C12H14O6S/c1-18-11(13)5-6-19(16,17)8-9-3-2-4-10(7-9)12(14)15/h2-4,7H,5-6,8H2,1H3,(H,14,15). The van der Waals surface area contributed by atoms with E-state index < -0.39 is 21.8 Å². The van der Waals surface area contributed by atoms with Gasteiger partial charge in [-0.2, -0.15) is 0 Å². The van der Waals surface area contributed by atoms with Crippen molar-refractivity contribution in [1.82, 2.24) is 0 Å². The molecule has 0 aliphatic rings. The Hall–Kier alpha value is -1.89. The first-order chi connectivity index (χ1) is 8.84. The van der Waals surface area contributed by atoms with Gasteiger partial charge in [0, 0.05) is 0 Å². The van der Waals surface area contributed by atoms with E-state index in [1.54, 1.807) is 0 Å². The van der Waals surface area contributed by atoms with Crippen molar-refractivity contribution in [2.75, 3.05) is 12.9 Å². The maximum Gasteiger partial charge on any atom is 0.335 e. The molecule has 1 N–H and O–H groups in total. The second kappa shape index (κ2) is 6.33. The van der Waals surface area contributed by atoms with Crippen molar-refractivity contribution in [2.24, 2.45) is 0 Å². The van der Waals surface area contributed by atoms with Gasteiger partial charge >= 0.3 is 11.9 Å². The summed E-state index contributed by atoms with van der Waals surface area (Å²) in [4.78, 5) is 21.7. The summed E-state index contributed by atoms with van der Waals surface area (Å²) >= 11 is 0. The fourth-order valence-electron chi connectivity index (χ4n) is 1.46. The van der Waals surface area contributed by atoms with E-state index in [9.17, 15) is 18.0 Å². The third kappa shape index (κ3) is 5.09. The summed E-state index contributed by atoms with van der Waals surface area (Å²) in [6, 6.07) is 5.70. The Bertz CT molecular complexity index is 576. The summed E-state index contributed by atoms with van der Waals surface area (Å²) < 4.78 is 27.9. The van der Waals surface area contributed by atoms with Crippen molar-refractivity contribution >= 4 is 21.8 Å². The van der Waals surface area contributed by atoms with Crippen molar-refractivity contribution in [1.29, 1.82) is 0 Å². The van der Waals surface area contributed by atoms with E-state index in [-0.39, 0.29) is 23.5 Å². The molecule has 0 heterocycles. The number of ether oxygens (including phenoxy) is 1. The molecule has 0 aromatic heterocycles. The zero-order valence-electron chi connectivity index (χ0n) is 10.3. The van der Waals surface area contributed by atoms with E-state index >= 15 is 0 Å². The van der Waals surface area contributed by atoms with Gasteiger partial charge in [0.2, 0.25) is 0 Å². The number of carboxylic acids is 1. The molecule has 0 aliphatic heterocycles. The zero-order valence-corrected chi connectivity index (χ0v) is 11.1. The van der Waals surface area contributed by atoms with Gasteiger partial charge in [-0.3, -0.25) is 4.79 Å². The fraction of sp³-hybridized carbons (Fsp3) is 0.333. The fourth-order valence-corrected chi connectivity index (χ4v) is 2.77. The molecule has 6 nitrogen and oxygen atoms in total. The Morgan fingerprint density at radius 2 is 2.00 bits per heavy atom. The number of methoxy groups -OCH3 is 1. The van der Waals surface area contributed by atoms with Gasteiger partial charge < -0.3 is 9.84 Å². The van der Waals surface area contributed by atoms with Crippen LogP contribution in [0.2, 0.25) is 0 Å². The second-order valence-corrected chi connectivity index (χ2v) is 6.11. The lowest BCUT2D eigenvalue weighted by Crippen LogP contribution is -2.14. The van der Waals surface area contributed by atoms with Crippen LogP contribution in [-0.4, -0.2) is 38.3 Å². The summed E-state index contributed by atoms with van der Waals surface area (Å²) in [5, 5.41) is 8.81. The van der Waals surface area contributed by atoms with E-state index in [4.69, 9.17) is 5.11 Å². The Labute approximate surface area is 110 Å². The largest absolute Gasteiger partial charge is 0.478 e. The van der Waals surface area contributed by atoms with Gasteiger partial charge in [0.15, 0.2) is 9.84 Å². The predicted octanol–water partition coefficient (Wildman–Crippen LogP) is 0.863. The summed E-state index contributed by atoms with van der Waals surface area (Å²) in [7, 11) is -2.29. The summed E-state index contributed by atoms with van der Waals surface area (Å²) in [5.41, 5.74) is 0.408. The molecule has 0 aliphatic carbocycles. The normalized spacial score (nSPS) is 11.0. The molecule has 0 atom stereocenters. The summed E-state index contributed by atoms with van der Waals surface area (Å²) in [5.74, 6) is -2.33. The van der Waals surface area contributed by atoms with Crippen LogP contribution in [0.1, 0.15) is 22.3 Å². The summed E-state index contributed by atoms with van der Waals surface area (Å²) in [6.07, 6.45) is -0.211. The van der Waals surface area contributed by atoms with E-state index in [2.05, 4.69) is 4.74 Å². The number of carbonyl (C=O) groups excluding carboxylic acids is 1. The molecule has 1 rings (SSSR count). The Balaban J connectivity index is 2.75. The highest BCUT2D eigenvalue weighted by Crippen LogP contribution is 2.11. The molecule has 1 aromatic carbocycles. The molecule has 0 bridgehead atoms. The van der Waals surface area contributed by atoms with Crippen LogP contribution in [0.4, 0.5) is 0 Å². The van der Waals surface area contributed by atoms with Crippen LogP contribution in [0, 0.1) is 0 Å². The monoisotopic (exact) mass is 286 g/mol. The number of aromatic carboxylic acids is 1. The average molecular weight is 286 g/mol. The highest BCUT2D eigenvalue weighted by molar-refractivity contribution is 7.90. The first kappa shape index (κ1) is 15.2. The lowest BCUT2D eigenvalue weighted by Gasteiger charge is -2.05. The molecule has 0 unspecified atom stereocenters. The minimum absolute atomic E-state index is 0.0284. The van der Waals surface area contributed by atoms with Crippen molar-refractivity contribution in [3.8, 4) is 0 Å². The van der Waals surface area contributed by atoms with Gasteiger partial charge in [-0.1, -0.05) is 12.1 Å². The molecular weight excluding hydrogens is 272 g/mol. The SMILES string of the molecule is COC(=O)CCS(=O)(=O)Cc1cccc(C(=O)O)c1. The maximum atomic E-state index is 11.7. The predicted molar refractivity (Wildman–Crippen MR) is 67.5 cm³/mol. The molecule has 0 amide bonds. The van der Waals surface area contributed by atoms with Crippen LogP contribution in [0.15, 0.2) is 24.3 Å². The van der Waals surface area contributed by atoms with E-state index in [1.807, 2.05) is 0 Å². The quantitative estimate of drug-likeness (QED) is 0.779. The minimum atomic E-state index is -3.48. The maximum absolute atomic E-state index is 11.7. The summed E-state index contributed by atoms with van der Waals surface area (Å²) in [6.45, 7) is 0. The molecule has 0 saturated carbocycles. The molecule has 104 valence electrons. The van der Waals surface area contributed by atoms with Crippen molar-refractivity contribution in [3.05, 3.63) is 35.4 Å². The molecule has 0 saturated heterocycles. The third-order valence-electron chi connectivity index (χ3n) is 2.41. The Kier molecular flexibility index (Phi) is 5.05. The molecular formula is C12H14O6S. The topological polar surface area (TPSA) is 97.7 Å². The number of carboxylic acid groups (broad SMARTS) is 1. The minimum Gasteiger partial charge on any atom is -0.478 e. The van der Waals surface area contributed by atoms with Gasteiger partial charge in [0.25, 0.3) is 0 Å². The molecule has 1 aromatic rings. The number of hydrogen-bond acceptors (Lipinski definition) is 5. The highest BCUT2D eigenvalue weighted by atomic mass is 32.2. The first-order valence-electron chi connectivity index (χ1n) is 5.43. The van der Waals surface area contributed by atoms with Crippen molar-refractivity contribution in [3.63, 3.8) is 0 Å². The molecule has 0 spiro atoms. The van der Waals surface area contributed by atoms with Gasteiger partial charge in [0.05, 0.1) is 30.6 Å². The third-order valence-corrected chi connectivity index (χ3v) is 4.00. The molecule has 19 heavy (non-hydrogen) atoms. The van der Waals surface area contributed by atoms with Gasteiger partial charge in [-0.05, 0) is 17.7 Å². The van der Waals surface area contributed by atoms with Crippen molar-refractivity contribution < 1.29 is 27.9 Å². The van der Waals surface area contributed by atoms with Crippen LogP contribution in [0.25, 0.3) is 0 Å². The van der Waals surface area contributed by atoms with E-state index in [1.165, 1.54) is 31.4 Å². The molecule has 0 radical (unpaired) electrons.